The number of aromatic nitrogens is 3. The van der Waals surface area contributed by atoms with Gasteiger partial charge >= 0.3 is 0 Å². The Labute approximate surface area is 95.6 Å². The fourth-order valence-electron chi connectivity index (χ4n) is 1.19. The Hall–Kier alpha value is -1.46. The summed E-state index contributed by atoms with van der Waals surface area (Å²) in [6.45, 7) is 0. The van der Waals surface area contributed by atoms with E-state index in [0.29, 0.717) is 21.4 Å². The van der Waals surface area contributed by atoms with E-state index in [1.807, 2.05) is 0 Å². The van der Waals surface area contributed by atoms with Gasteiger partial charge in [0, 0.05) is 0 Å². The molecule has 0 atom stereocenters. The highest BCUT2D eigenvalue weighted by molar-refractivity contribution is 6.39. The monoisotopic (exact) mass is 243 g/mol. The normalized spacial score (nSPS) is 10.5. The third-order valence-electron chi connectivity index (χ3n) is 1.91. The maximum absolute atomic E-state index is 5.98. The quantitative estimate of drug-likeness (QED) is 0.745. The van der Waals surface area contributed by atoms with Gasteiger partial charge in [0.15, 0.2) is 5.82 Å². The van der Waals surface area contributed by atoms with E-state index in [0.717, 1.165) is 4.68 Å². The summed E-state index contributed by atoms with van der Waals surface area (Å²) >= 11 is 12.0. The summed E-state index contributed by atoms with van der Waals surface area (Å²) in [5.74, 6) is 6.06. The van der Waals surface area contributed by atoms with Crippen molar-refractivity contribution in [3.8, 4) is 11.4 Å². The van der Waals surface area contributed by atoms with Crippen molar-refractivity contribution >= 4 is 29.2 Å². The first-order chi connectivity index (χ1) is 7.11. The molecule has 4 N–H and O–H groups in total. The Morgan fingerprint density at radius 3 is 2.20 bits per heavy atom. The fraction of sp³-hybridized carbons (Fsp3) is 0. The lowest BCUT2D eigenvalue weighted by Gasteiger charge is -2.05. The van der Waals surface area contributed by atoms with E-state index in [4.69, 9.17) is 34.8 Å². The number of nitrogens with zero attached hydrogens (tertiary/aromatic N) is 3. The van der Waals surface area contributed by atoms with Crippen LogP contribution in [0.3, 0.4) is 0 Å². The fourth-order valence-corrected chi connectivity index (χ4v) is 1.75. The SMILES string of the molecule is Nc1nnc(-c2c(Cl)cccc2Cl)n1N. The molecule has 0 bridgehead atoms. The summed E-state index contributed by atoms with van der Waals surface area (Å²) < 4.78 is 1.13. The van der Waals surface area contributed by atoms with Crippen LogP contribution in [0, 0.1) is 0 Å². The van der Waals surface area contributed by atoms with E-state index in [2.05, 4.69) is 10.2 Å². The molecule has 2 rings (SSSR count). The number of hydrogen-bond donors (Lipinski definition) is 2. The lowest BCUT2D eigenvalue weighted by atomic mass is 10.2. The van der Waals surface area contributed by atoms with Crippen molar-refractivity contribution < 1.29 is 0 Å². The van der Waals surface area contributed by atoms with Crippen LogP contribution in [0.1, 0.15) is 0 Å². The molecule has 78 valence electrons. The molecule has 2 aromatic rings. The molecular formula is C8H7Cl2N5. The third-order valence-corrected chi connectivity index (χ3v) is 2.54. The predicted octanol–water partition coefficient (Wildman–Crippen LogP) is 1.55. The molecule has 0 saturated heterocycles. The van der Waals surface area contributed by atoms with E-state index in [1.165, 1.54) is 0 Å². The van der Waals surface area contributed by atoms with Crippen molar-refractivity contribution in [2.45, 2.75) is 0 Å². The van der Waals surface area contributed by atoms with E-state index in [-0.39, 0.29) is 5.95 Å². The van der Waals surface area contributed by atoms with Crippen LogP contribution in [-0.4, -0.2) is 14.9 Å². The largest absolute Gasteiger partial charge is 0.366 e. The molecule has 0 unspecified atom stereocenters. The molecule has 0 amide bonds. The molecule has 1 aromatic carbocycles. The Morgan fingerprint density at radius 2 is 1.73 bits per heavy atom. The van der Waals surface area contributed by atoms with Crippen LogP contribution >= 0.6 is 23.2 Å². The zero-order valence-corrected chi connectivity index (χ0v) is 9.00. The second-order valence-electron chi connectivity index (χ2n) is 2.85. The van der Waals surface area contributed by atoms with Crippen LogP contribution in [-0.2, 0) is 0 Å². The van der Waals surface area contributed by atoms with Crippen molar-refractivity contribution in [2.24, 2.45) is 0 Å². The molecule has 0 fully saturated rings. The lowest BCUT2D eigenvalue weighted by Crippen LogP contribution is -2.13. The average molecular weight is 244 g/mol. The minimum atomic E-state index is 0.0981. The van der Waals surface area contributed by atoms with Crippen LogP contribution in [0.15, 0.2) is 18.2 Å². The lowest BCUT2D eigenvalue weighted by molar-refractivity contribution is 1.02. The van der Waals surface area contributed by atoms with Gasteiger partial charge < -0.3 is 11.6 Å². The zero-order valence-electron chi connectivity index (χ0n) is 7.48. The maximum Gasteiger partial charge on any atom is 0.241 e. The first-order valence-electron chi connectivity index (χ1n) is 4.01. The summed E-state index contributed by atoms with van der Waals surface area (Å²) in [7, 11) is 0. The first kappa shape index (κ1) is 10.1. The third kappa shape index (κ3) is 1.60. The van der Waals surface area contributed by atoms with Crippen molar-refractivity contribution in [1.82, 2.24) is 14.9 Å². The van der Waals surface area contributed by atoms with Gasteiger partial charge in [-0.1, -0.05) is 29.3 Å². The van der Waals surface area contributed by atoms with Crippen molar-refractivity contribution in [3.05, 3.63) is 28.2 Å². The smallest absolute Gasteiger partial charge is 0.241 e. The summed E-state index contributed by atoms with van der Waals surface area (Å²) in [6.07, 6.45) is 0. The number of halogens is 2. The number of benzene rings is 1. The second kappa shape index (κ2) is 3.60. The maximum atomic E-state index is 5.98. The molecule has 0 saturated carbocycles. The van der Waals surface area contributed by atoms with Crippen LogP contribution in [0.2, 0.25) is 10.0 Å². The number of hydrogen-bond acceptors (Lipinski definition) is 4. The van der Waals surface area contributed by atoms with Crippen LogP contribution in [0.4, 0.5) is 5.95 Å². The minimum Gasteiger partial charge on any atom is -0.366 e. The van der Waals surface area contributed by atoms with E-state index < -0.39 is 0 Å². The highest BCUT2D eigenvalue weighted by Gasteiger charge is 2.15. The molecule has 0 radical (unpaired) electrons. The van der Waals surface area contributed by atoms with Gasteiger partial charge in [-0.3, -0.25) is 0 Å². The molecule has 0 aliphatic heterocycles. The van der Waals surface area contributed by atoms with Gasteiger partial charge in [-0.25, -0.2) is 4.68 Å². The van der Waals surface area contributed by atoms with Gasteiger partial charge in [-0.05, 0) is 12.1 Å². The zero-order chi connectivity index (χ0) is 11.0. The van der Waals surface area contributed by atoms with Crippen LogP contribution in [0.5, 0.6) is 0 Å². The summed E-state index contributed by atoms with van der Waals surface area (Å²) in [4.78, 5) is 0. The molecular weight excluding hydrogens is 237 g/mol. The second-order valence-corrected chi connectivity index (χ2v) is 3.66. The first-order valence-corrected chi connectivity index (χ1v) is 4.77. The highest BCUT2D eigenvalue weighted by atomic mass is 35.5. The molecule has 5 nitrogen and oxygen atoms in total. The number of anilines is 1. The molecule has 1 heterocycles. The molecule has 15 heavy (non-hydrogen) atoms. The topological polar surface area (TPSA) is 82.8 Å². The summed E-state index contributed by atoms with van der Waals surface area (Å²) in [5, 5.41) is 8.32. The van der Waals surface area contributed by atoms with Gasteiger partial charge in [-0.15, -0.1) is 10.2 Å². The van der Waals surface area contributed by atoms with Gasteiger partial charge in [0.05, 0.1) is 15.6 Å². The Kier molecular flexibility index (Phi) is 2.42. The Bertz CT molecular complexity index is 487. The van der Waals surface area contributed by atoms with Gasteiger partial charge in [0.25, 0.3) is 0 Å². The molecule has 0 spiro atoms. The summed E-state index contributed by atoms with van der Waals surface area (Å²) in [5.41, 5.74) is 5.98. The average Bonchev–Trinajstić information content (AvgIpc) is 2.49. The van der Waals surface area contributed by atoms with Crippen molar-refractivity contribution in [1.29, 1.82) is 0 Å². The van der Waals surface area contributed by atoms with Gasteiger partial charge in [-0.2, -0.15) is 0 Å². The number of nitrogen functional groups attached to an aromatic ring is 2. The van der Waals surface area contributed by atoms with Crippen LogP contribution in [0.25, 0.3) is 11.4 Å². The van der Waals surface area contributed by atoms with Crippen LogP contribution < -0.4 is 11.6 Å². The standard InChI is InChI=1S/C8H7Cl2N5/c9-4-2-1-3-5(10)6(4)7-13-14-8(11)15(7)12/h1-3H,12H2,(H2,11,14). The number of rotatable bonds is 1. The number of nitrogens with two attached hydrogens (primary N) is 2. The molecule has 1 aromatic heterocycles. The highest BCUT2D eigenvalue weighted by Crippen LogP contribution is 2.32. The molecule has 0 aliphatic carbocycles. The van der Waals surface area contributed by atoms with Crippen molar-refractivity contribution in [2.75, 3.05) is 11.6 Å². The van der Waals surface area contributed by atoms with Crippen molar-refractivity contribution in [3.63, 3.8) is 0 Å². The predicted molar refractivity (Wildman–Crippen MR) is 60.0 cm³/mol. The Balaban J connectivity index is 2.69. The van der Waals surface area contributed by atoms with E-state index in [9.17, 15) is 0 Å². The summed E-state index contributed by atoms with van der Waals surface area (Å²) in [6, 6.07) is 5.11. The molecule has 7 heteroatoms. The minimum absolute atomic E-state index is 0.0981. The van der Waals surface area contributed by atoms with E-state index >= 15 is 0 Å². The molecule has 0 aliphatic rings. The Morgan fingerprint density at radius 1 is 1.13 bits per heavy atom. The van der Waals surface area contributed by atoms with Gasteiger partial charge in [0.2, 0.25) is 5.95 Å². The van der Waals surface area contributed by atoms with E-state index in [1.54, 1.807) is 18.2 Å². The van der Waals surface area contributed by atoms with Gasteiger partial charge in [0.1, 0.15) is 0 Å².